The Bertz CT molecular complexity index is 956. The van der Waals surface area contributed by atoms with Crippen molar-refractivity contribution in [2.45, 2.75) is 31.3 Å². The van der Waals surface area contributed by atoms with Gasteiger partial charge in [0, 0.05) is 43.7 Å². The molecule has 1 N–H and O–H groups in total. The molecule has 1 fully saturated rings. The number of piperidine rings is 1. The summed E-state index contributed by atoms with van der Waals surface area (Å²) in [7, 11) is 1.33. The van der Waals surface area contributed by atoms with Gasteiger partial charge in [-0.15, -0.1) is 0 Å². The summed E-state index contributed by atoms with van der Waals surface area (Å²) in [6.45, 7) is 1.73. The first kappa shape index (κ1) is 19.2. The Balaban J connectivity index is 1.48. The number of ether oxygens (including phenoxy) is 1. The molecular weight excluding hydrogens is 370 g/mol. The first-order valence-electron chi connectivity index (χ1n) is 9.92. The predicted octanol–water partition coefficient (Wildman–Crippen LogP) is 1.76. The summed E-state index contributed by atoms with van der Waals surface area (Å²) >= 11 is 0. The molecule has 0 aliphatic carbocycles. The molecule has 7 nitrogen and oxygen atoms in total. The lowest BCUT2D eigenvalue weighted by Gasteiger charge is -2.42. The minimum absolute atomic E-state index is 0.0173. The van der Waals surface area contributed by atoms with Crippen molar-refractivity contribution in [1.29, 1.82) is 0 Å². The van der Waals surface area contributed by atoms with E-state index in [0.29, 0.717) is 26.1 Å². The lowest BCUT2D eigenvalue weighted by Crippen LogP contribution is -2.55. The largest absolute Gasteiger partial charge is 0.467 e. The van der Waals surface area contributed by atoms with E-state index in [1.807, 2.05) is 41.0 Å². The maximum absolute atomic E-state index is 13.0. The van der Waals surface area contributed by atoms with Crippen LogP contribution < -0.4 is 10.9 Å². The highest BCUT2D eigenvalue weighted by molar-refractivity contribution is 5.84. The predicted molar refractivity (Wildman–Crippen MR) is 108 cm³/mol. The average molecular weight is 395 g/mol. The molecule has 0 unspecified atom stereocenters. The Morgan fingerprint density at radius 3 is 2.66 bits per heavy atom. The van der Waals surface area contributed by atoms with Crippen molar-refractivity contribution < 1.29 is 14.3 Å². The van der Waals surface area contributed by atoms with Crippen LogP contribution in [0.5, 0.6) is 0 Å². The Labute approximate surface area is 169 Å². The molecule has 1 saturated heterocycles. The quantitative estimate of drug-likeness (QED) is 0.800. The average Bonchev–Trinajstić information content (AvgIpc) is 2.74. The van der Waals surface area contributed by atoms with Gasteiger partial charge in [-0.1, -0.05) is 36.4 Å². The number of hydrogen-bond donors (Lipinski definition) is 1. The van der Waals surface area contributed by atoms with E-state index in [1.165, 1.54) is 7.11 Å². The minimum Gasteiger partial charge on any atom is -0.467 e. The summed E-state index contributed by atoms with van der Waals surface area (Å²) in [5, 5.41) is 2.85. The highest BCUT2D eigenvalue weighted by Gasteiger charge is 2.37. The van der Waals surface area contributed by atoms with Crippen molar-refractivity contribution in [1.82, 2.24) is 14.8 Å². The van der Waals surface area contributed by atoms with E-state index in [2.05, 4.69) is 5.32 Å². The molecule has 4 rings (SSSR count). The van der Waals surface area contributed by atoms with Crippen LogP contribution in [0.1, 0.15) is 23.6 Å². The summed E-state index contributed by atoms with van der Waals surface area (Å²) in [4.78, 5) is 39.1. The van der Waals surface area contributed by atoms with E-state index in [9.17, 15) is 14.4 Å². The van der Waals surface area contributed by atoms with Crippen LogP contribution in [0.25, 0.3) is 0 Å². The fourth-order valence-corrected chi connectivity index (χ4v) is 4.49. The number of amides is 2. The Morgan fingerprint density at radius 2 is 1.90 bits per heavy atom. The molecule has 2 amide bonds. The number of carbonyl (C=O) groups is 2. The zero-order valence-electron chi connectivity index (χ0n) is 16.4. The molecule has 1 aromatic heterocycles. The van der Waals surface area contributed by atoms with Crippen LogP contribution in [0, 0.1) is 5.92 Å². The number of likely N-dealkylation sites (tertiary alicyclic amines) is 1. The second-order valence-corrected chi connectivity index (χ2v) is 7.82. The van der Waals surface area contributed by atoms with Gasteiger partial charge in [0.2, 0.25) is 0 Å². The molecule has 152 valence electrons. The number of esters is 1. The van der Waals surface area contributed by atoms with E-state index in [4.69, 9.17) is 4.74 Å². The summed E-state index contributed by atoms with van der Waals surface area (Å²) in [6, 6.07) is 13.9. The van der Waals surface area contributed by atoms with Crippen molar-refractivity contribution in [2.75, 3.05) is 20.2 Å². The van der Waals surface area contributed by atoms with E-state index in [-0.39, 0.29) is 23.4 Å². The van der Waals surface area contributed by atoms with Gasteiger partial charge in [-0.25, -0.2) is 9.59 Å². The number of pyridine rings is 1. The van der Waals surface area contributed by atoms with Crippen LogP contribution >= 0.6 is 0 Å². The zero-order valence-corrected chi connectivity index (χ0v) is 16.4. The molecule has 2 aliphatic rings. The molecule has 2 aliphatic heterocycles. The van der Waals surface area contributed by atoms with E-state index in [0.717, 1.165) is 17.7 Å². The lowest BCUT2D eigenvalue weighted by molar-refractivity contribution is -0.142. The maximum atomic E-state index is 13.0. The molecule has 2 bridgehead atoms. The smallest absolute Gasteiger partial charge is 0.328 e. The van der Waals surface area contributed by atoms with Gasteiger partial charge in [-0.3, -0.25) is 4.79 Å². The molecular formula is C22H25N3O4. The fraction of sp³-hybridized carbons (Fsp3) is 0.409. The SMILES string of the molecule is COC(=O)[C@@H](Cc1ccccc1)NC(=O)N1C[C@H]2C[C@@H](C1)c1cccc(=O)n1C2. The van der Waals surface area contributed by atoms with Crippen LogP contribution in [0.15, 0.2) is 53.3 Å². The van der Waals surface area contributed by atoms with Crippen LogP contribution in [0.3, 0.4) is 0 Å². The topological polar surface area (TPSA) is 80.6 Å². The standard InChI is InChI=1S/C22H25N3O4/c1-29-21(27)18(11-15-6-3-2-4-7-15)23-22(28)24-12-16-10-17(14-24)19-8-5-9-20(26)25(19)13-16/h2-9,16-18H,10-14H2,1H3,(H,23,28)/t16-,17+,18-/m1/s1. The van der Waals surface area contributed by atoms with Crippen LogP contribution in [-0.2, 0) is 22.5 Å². The summed E-state index contributed by atoms with van der Waals surface area (Å²) < 4.78 is 6.73. The van der Waals surface area contributed by atoms with Crippen LogP contribution in [0.4, 0.5) is 4.79 Å². The number of rotatable bonds is 4. The van der Waals surface area contributed by atoms with Crippen molar-refractivity contribution in [3.05, 3.63) is 70.1 Å². The van der Waals surface area contributed by atoms with Gasteiger partial charge >= 0.3 is 12.0 Å². The summed E-state index contributed by atoms with van der Waals surface area (Å²) in [5.41, 5.74) is 1.95. The molecule has 0 spiro atoms. The van der Waals surface area contributed by atoms with E-state index in [1.54, 1.807) is 17.0 Å². The molecule has 3 heterocycles. The third-order valence-electron chi connectivity index (χ3n) is 5.83. The van der Waals surface area contributed by atoms with Crippen molar-refractivity contribution in [3.63, 3.8) is 0 Å². The van der Waals surface area contributed by atoms with E-state index < -0.39 is 12.0 Å². The first-order valence-corrected chi connectivity index (χ1v) is 9.92. The number of hydrogen-bond acceptors (Lipinski definition) is 4. The van der Waals surface area contributed by atoms with Crippen molar-refractivity contribution in [2.24, 2.45) is 5.92 Å². The van der Waals surface area contributed by atoms with Gasteiger partial charge in [0.1, 0.15) is 6.04 Å². The lowest BCUT2D eigenvalue weighted by atomic mass is 9.83. The number of methoxy groups -OCH3 is 1. The second kappa shape index (κ2) is 8.11. The highest BCUT2D eigenvalue weighted by Crippen LogP contribution is 2.34. The van der Waals surface area contributed by atoms with Gasteiger partial charge in [0.25, 0.3) is 5.56 Å². The number of nitrogens with one attached hydrogen (secondary N) is 1. The van der Waals surface area contributed by atoms with Gasteiger partial charge in [0.15, 0.2) is 0 Å². The third kappa shape index (κ3) is 4.04. The number of aromatic nitrogens is 1. The molecule has 7 heteroatoms. The number of urea groups is 1. The van der Waals surface area contributed by atoms with Gasteiger partial charge < -0.3 is 19.5 Å². The number of benzene rings is 1. The second-order valence-electron chi connectivity index (χ2n) is 7.82. The van der Waals surface area contributed by atoms with Gasteiger partial charge in [0.05, 0.1) is 7.11 Å². The van der Waals surface area contributed by atoms with E-state index >= 15 is 0 Å². The fourth-order valence-electron chi connectivity index (χ4n) is 4.49. The molecule has 1 aromatic carbocycles. The molecule has 29 heavy (non-hydrogen) atoms. The van der Waals surface area contributed by atoms with Crippen LogP contribution in [-0.4, -0.2) is 47.7 Å². The normalized spacial score (nSPS) is 21.1. The Kier molecular flexibility index (Phi) is 5.38. The number of nitrogens with zero attached hydrogens (tertiary/aromatic N) is 2. The maximum Gasteiger partial charge on any atom is 0.328 e. The first-order chi connectivity index (χ1) is 14.0. The minimum atomic E-state index is -0.744. The number of fused-ring (bicyclic) bond motifs is 4. The summed E-state index contributed by atoms with van der Waals surface area (Å²) in [6.07, 6.45) is 1.34. The van der Waals surface area contributed by atoms with Crippen molar-refractivity contribution >= 4 is 12.0 Å². The molecule has 3 atom stereocenters. The monoisotopic (exact) mass is 395 g/mol. The summed E-state index contributed by atoms with van der Waals surface area (Å²) in [5.74, 6) is -0.0954. The van der Waals surface area contributed by atoms with Crippen LogP contribution in [0.2, 0.25) is 0 Å². The number of carbonyl (C=O) groups excluding carboxylic acids is 2. The molecule has 0 radical (unpaired) electrons. The Hall–Kier alpha value is -3.09. The Morgan fingerprint density at radius 1 is 1.10 bits per heavy atom. The highest BCUT2D eigenvalue weighted by atomic mass is 16.5. The molecule has 0 saturated carbocycles. The van der Waals surface area contributed by atoms with Crippen molar-refractivity contribution in [3.8, 4) is 0 Å². The third-order valence-corrected chi connectivity index (χ3v) is 5.83. The molecule has 2 aromatic rings. The van der Waals surface area contributed by atoms with Gasteiger partial charge in [-0.2, -0.15) is 0 Å². The zero-order chi connectivity index (χ0) is 20.4. The van der Waals surface area contributed by atoms with Gasteiger partial charge in [-0.05, 0) is 24.0 Å².